The van der Waals surface area contributed by atoms with E-state index < -0.39 is 6.10 Å². The molecule has 1 N–H and O–H groups in total. The number of esters is 2. The number of allylic oxidation sites excluding steroid dienone is 20. The van der Waals surface area contributed by atoms with Crippen molar-refractivity contribution in [1.29, 1.82) is 0 Å². The van der Waals surface area contributed by atoms with Crippen LogP contribution in [0.25, 0.3) is 0 Å². The first-order valence-electron chi connectivity index (χ1n) is 29.1. The lowest BCUT2D eigenvalue weighted by molar-refractivity contribution is -0.161. The van der Waals surface area contributed by atoms with Gasteiger partial charge >= 0.3 is 11.9 Å². The molecule has 0 aromatic heterocycles. The Morgan fingerprint density at radius 1 is 0.329 bits per heavy atom. The highest BCUT2D eigenvalue weighted by Gasteiger charge is 2.16. The van der Waals surface area contributed by atoms with Crippen LogP contribution in [0.1, 0.15) is 258 Å². The molecule has 1 atom stereocenters. The molecule has 0 radical (unpaired) electrons. The number of rotatable bonds is 52. The van der Waals surface area contributed by atoms with E-state index in [-0.39, 0.29) is 25.2 Å². The Hall–Kier alpha value is -3.70. The highest BCUT2D eigenvalue weighted by molar-refractivity contribution is 5.70. The number of carbonyl (C=O) groups is 2. The molecule has 0 saturated heterocycles. The normalized spacial score (nSPS) is 13.1. The predicted octanol–water partition coefficient (Wildman–Crippen LogP) is 19.9. The van der Waals surface area contributed by atoms with Crippen molar-refractivity contribution in [2.24, 2.45) is 0 Å². The Bertz CT molecular complexity index is 1420. The monoisotopic (exact) mass is 969 g/mol. The van der Waals surface area contributed by atoms with E-state index in [1.807, 2.05) is 0 Å². The van der Waals surface area contributed by atoms with Crippen molar-refractivity contribution in [3.63, 3.8) is 0 Å². The van der Waals surface area contributed by atoms with Crippen LogP contribution in [0.2, 0.25) is 0 Å². The molecule has 0 aliphatic heterocycles. The number of unbranched alkanes of at least 4 members (excludes halogenated alkanes) is 24. The van der Waals surface area contributed by atoms with Gasteiger partial charge in [0, 0.05) is 12.8 Å². The van der Waals surface area contributed by atoms with Crippen LogP contribution in [-0.4, -0.2) is 36.4 Å². The molecule has 0 saturated carbocycles. The van der Waals surface area contributed by atoms with Crippen molar-refractivity contribution in [1.82, 2.24) is 0 Å². The van der Waals surface area contributed by atoms with Gasteiger partial charge in [-0.15, -0.1) is 0 Å². The molecule has 5 heteroatoms. The SMILES string of the molecule is CC/C=C\C/C=C\C/C=C\C/C=C\C/C=C\CCCCCCCCCCCCCCCCCCCC(=O)OC(CO)COC(=O)CCCCCCCCC/C=C\C/C=C\C/C=C\C/C=C\C/C=C\CC. The summed E-state index contributed by atoms with van der Waals surface area (Å²) in [5.41, 5.74) is 0. The molecule has 0 aromatic rings. The van der Waals surface area contributed by atoms with Gasteiger partial charge in [0.25, 0.3) is 0 Å². The van der Waals surface area contributed by atoms with Crippen LogP contribution in [0.5, 0.6) is 0 Å². The molecule has 0 heterocycles. The van der Waals surface area contributed by atoms with E-state index in [4.69, 9.17) is 9.47 Å². The maximum atomic E-state index is 12.3. The first kappa shape index (κ1) is 66.3. The second-order valence-electron chi connectivity index (χ2n) is 19.0. The highest BCUT2D eigenvalue weighted by atomic mass is 16.6. The van der Waals surface area contributed by atoms with Gasteiger partial charge in [-0.3, -0.25) is 9.59 Å². The zero-order chi connectivity index (χ0) is 50.6. The van der Waals surface area contributed by atoms with Crippen LogP contribution in [0.3, 0.4) is 0 Å². The second-order valence-corrected chi connectivity index (χ2v) is 19.0. The summed E-state index contributed by atoms with van der Waals surface area (Å²) < 4.78 is 10.7. The molecule has 0 amide bonds. The molecule has 0 aliphatic rings. The third-order valence-corrected chi connectivity index (χ3v) is 12.3. The van der Waals surface area contributed by atoms with Crippen molar-refractivity contribution in [3.8, 4) is 0 Å². The van der Waals surface area contributed by atoms with Crippen molar-refractivity contribution < 1.29 is 24.2 Å². The number of aliphatic hydroxyl groups is 1. The first-order valence-corrected chi connectivity index (χ1v) is 29.1. The molecule has 0 rings (SSSR count). The summed E-state index contributed by atoms with van der Waals surface area (Å²) in [6, 6.07) is 0. The Kier molecular flexibility index (Phi) is 56.5. The third kappa shape index (κ3) is 56.9. The second kappa shape index (κ2) is 59.6. The molecule has 70 heavy (non-hydrogen) atoms. The molecule has 0 fully saturated rings. The quantitative estimate of drug-likeness (QED) is 0.0374. The van der Waals surface area contributed by atoms with Gasteiger partial charge in [0.05, 0.1) is 6.61 Å². The van der Waals surface area contributed by atoms with Crippen molar-refractivity contribution in [2.75, 3.05) is 13.2 Å². The highest BCUT2D eigenvalue weighted by Crippen LogP contribution is 2.16. The molecule has 5 nitrogen and oxygen atoms in total. The number of ether oxygens (including phenoxy) is 2. The topological polar surface area (TPSA) is 72.8 Å². The zero-order valence-corrected chi connectivity index (χ0v) is 45.5. The Labute approximate surface area is 433 Å². The molecule has 0 bridgehead atoms. The van der Waals surface area contributed by atoms with Gasteiger partial charge in [-0.05, 0) is 103 Å². The number of hydrogen-bond acceptors (Lipinski definition) is 5. The van der Waals surface area contributed by atoms with Crippen LogP contribution >= 0.6 is 0 Å². The summed E-state index contributed by atoms with van der Waals surface area (Å²) >= 11 is 0. The third-order valence-electron chi connectivity index (χ3n) is 12.3. The minimum Gasteiger partial charge on any atom is -0.462 e. The maximum absolute atomic E-state index is 12.3. The predicted molar refractivity (Wildman–Crippen MR) is 306 cm³/mol. The summed E-state index contributed by atoms with van der Waals surface area (Å²) in [4.78, 5) is 24.5. The Morgan fingerprint density at radius 3 is 0.857 bits per heavy atom. The molecule has 0 spiro atoms. The van der Waals surface area contributed by atoms with E-state index >= 15 is 0 Å². The fourth-order valence-corrected chi connectivity index (χ4v) is 7.96. The van der Waals surface area contributed by atoms with Gasteiger partial charge < -0.3 is 14.6 Å². The molecular formula is C65H108O5. The average molecular weight is 970 g/mol. The number of carbonyl (C=O) groups excluding carboxylic acids is 2. The smallest absolute Gasteiger partial charge is 0.306 e. The number of aliphatic hydroxyl groups excluding tert-OH is 1. The van der Waals surface area contributed by atoms with Crippen LogP contribution < -0.4 is 0 Å². The molecular weight excluding hydrogens is 861 g/mol. The van der Waals surface area contributed by atoms with Crippen molar-refractivity contribution in [3.05, 3.63) is 122 Å². The molecule has 0 aromatic carbocycles. The van der Waals surface area contributed by atoms with Crippen LogP contribution in [-0.2, 0) is 19.1 Å². The van der Waals surface area contributed by atoms with Gasteiger partial charge in [-0.2, -0.15) is 0 Å². The van der Waals surface area contributed by atoms with Gasteiger partial charge in [-0.25, -0.2) is 0 Å². The van der Waals surface area contributed by atoms with E-state index in [1.54, 1.807) is 0 Å². The van der Waals surface area contributed by atoms with Crippen LogP contribution in [0.15, 0.2) is 122 Å². The van der Waals surface area contributed by atoms with Gasteiger partial charge in [-0.1, -0.05) is 264 Å². The van der Waals surface area contributed by atoms with Gasteiger partial charge in [0.2, 0.25) is 0 Å². The maximum Gasteiger partial charge on any atom is 0.306 e. The summed E-state index contributed by atoms with van der Waals surface area (Å²) in [5, 5.41) is 9.66. The fourth-order valence-electron chi connectivity index (χ4n) is 7.96. The lowest BCUT2D eigenvalue weighted by atomic mass is 10.0. The van der Waals surface area contributed by atoms with E-state index in [1.165, 1.54) is 122 Å². The lowest BCUT2D eigenvalue weighted by Crippen LogP contribution is -2.28. The largest absolute Gasteiger partial charge is 0.462 e. The molecule has 1 unspecified atom stereocenters. The van der Waals surface area contributed by atoms with E-state index in [0.29, 0.717) is 12.8 Å². The summed E-state index contributed by atoms with van der Waals surface area (Å²) in [5.74, 6) is -0.603. The first-order chi connectivity index (χ1) is 34.6. The van der Waals surface area contributed by atoms with E-state index in [2.05, 4.69) is 135 Å². The van der Waals surface area contributed by atoms with Crippen LogP contribution in [0.4, 0.5) is 0 Å². The van der Waals surface area contributed by atoms with Gasteiger partial charge in [0.15, 0.2) is 6.10 Å². The van der Waals surface area contributed by atoms with Crippen LogP contribution in [0, 0.1) is 0 Å². The fraction of sp³-hybridized carbons (Fsp3) is 0.662. The Morgan fingerprint density at radius 2 is 0.571 bits per heavy atom. The Balaban J connectivity index is 3.51. The van der Waals surface area contributed by atoms with E-state index in [9.17, 15) is 14.7 Å². The van der Waals surface area contributed by atoms with Gasteiger partial charge in [0.1, 0.15) is 6.61 Å². The van der Waals surface area contributed by atoms with E-state index in [0.717, 1.165) is 109 Å². The summed E-state index contributed by atoms with van der Waals surface area (Å²) in [6.45, 7) is 3.91. The summed E-state index contributed by atoms with van der Waals surface area (Å²) in [6.07, 6.45) is 87.4. The summed E-state index contributed by atoms with van der Waals surface area (Å²) in [7, 11) is 0. The standard InChI is InChI=1S/C65H108O5/c1-3-5-7-9-11-13-15-17-19-21-23-25-27-28-29-30-31-32-33-34-35-36-38-40-42-44-46-48-50-52-54-56-58-60-65(68)70-63(61-66)62-69-64(67)59-57-55-53-51-49-47-45-43-41-39-37-26-24-22-20-18-16-14-12-10-8-6-4-2/h5-8,11-14,17-20,23-26,28-29,39,41,63,66H,3-4,9-10,15-16,21-22,27,30-38,40,42-62H2,1-2H3/b7-5-,8-6-,13-11-,14-12-,19-17-,20-18-,25-23-,26-24-,29-28-,41-39-. The van der Waals surface area contributed by atoms with Crippen molar-refractivity contribution in [2.45, 2.75) is 264 Å². The van der Waals surface area contributed by atoms with Crippen molar-refractivity contribution >= 4 is 11.9 Å². The minimum absolute atomic E-state index is 0.0765. The molecule has 398 valence electrons. The minimum atomic E-state index is -0.785. The lowest BCUT2D eigenvalue weighted by Gasteiger charge is -2.15. The average Bonchev–Trinajstić information content (AvgIpc) is 3.36. The zero-order valence-electron chi connectivity index (χ0n) is 45.5. The molecule has 0 aliphatic carbocycles. The number of hydrogen-bond donors (Lipinski definition) is 1.